The van der Waals surface area contributed by atoms with Crippen molar-refractivity contribution in [1.82, 2.24) is 10.2 Å². The van der Waals surface area contributed by atoms with Crippen molar-refractivity contribution in [3.8, 4) is 11.3 Å². The minimum atomic E-state index is -1.07. The summed E-state index contributed by atoms with van der Waals surface area (Å²) in [4.78, 5) is 10.6. The summed E-state index contributed by atoms with van der Waals surface area (Å²) in [6.07, 6.45) is 0. The van der Waals surface area contributed by atoms with Gasteiger partial charge < -0.3 is 5.11 Å². The van der Waals surface area contributed by atoms with Crippen molar-refractivity contribution < 1.29 is 14.3 Å². The molecule has 16 heavy (non-hydrogen) atoms. The van der Waals surface area contributed by atoms with E-state index in [9.17, 15) is 9.18 Å². The third-order valence-corrected chi connectivity index (χ3v) is 2.26. The molecule has 0 aliphatic heterocycles. The SMILES string of the molecule is Cc1cc(-c2cc(C(=O)O)[nH]n2)ccc1F. The zero-order valence-corrected chi connectivity index (χ0v) is 8.49. The first-order valence-electron chi connectivity index (χ1n) is 4.63. The van der Waals surface area contributed by atoms with Crippen LogP contribution in [-0.4, -0.2) is 21.3 Å². The number of carbonyl (C=O) groups is 1. The number of nitrogens with zero attached hydrogens (tertiary/aromatic N) is 1. The van der Waals surface area contributed by atoms with Gasteiger partial charge in [-0.2, -0.15) is 5.10 Å². The quantitative estimate of drug-likeness (QED) is 0.815. The second-order valence-electron chi connectivity index (χ2n) is 3.44. The lowest BCUT2D eigenvalue weighted by Crippen LogP contribution is -1.95. The maximum absolute atomic E-state index is 13.0. The normalized spacial score (nSPS) is 10.4. The summed E-state index contributed by atoms with van der Waals surface area (Å²) in [7, 11) is 0. The highest BCUT2D eigenvalue weighted by molar-refractivity contribution is 5.86. The number of benzene rings is 1. The van der Waals surface area contributed by atoms with Gasteiger partial charge in [0.25, 0.3) is 0 Å². The molecule has 82 valence electrons. The van der Waals surface area contributed by atoms with E-state index in [0.29, 0.717) is 16.8 Å². The smallest absolute Gasteiger partial charge is 0.353 e. The van der Waals surface area contributed by atoms with Crippen LogP contribution < -0.4 is 0 Å². The Hall–Kier alpha value is -2.17. The van der Waals surface area contributed by atoms with E-state index in [-0.39, 0.29) is 11.5 Å². The molecule has 2 N–H and O–H groups in total. The summed E-state index contributed by atoms with van der Waals surface area (Å²) in [5.41, 5.74) is 1.68. The van der Waals surface area contributed by atoms with Crippen LogP contribution >= 0.6 is 0 Å². The number of carboxylic acid groups (broad SMARTS) is 1. The van der Waals surface area contributed by atoms with Crippen molar-refractivity contribution in [2.24, 2.45) is 0 Å². The van der Waals surface area contributed by atoms with Gasteiger partial charge in [-0.15, -0.1) is 0 Å². The molecule has 1 heterocycles. The van der Waals surface area contributed by atoms with Gasteiger partial charge in [-0.05, 0) is 36.8 Å². The first kappa shape index (κ1) is 10.4. The number of carboxylic acids is 1. The molecule has 0 amide bonds. The monoisotopic (exact) mass is 220 g/mol. The lowest BCUT2D eigenvalue weighted by atomic mass is 10.1. The zero-order chi connectivity index (χ0) is 11.7. The average molecular weight is 220 g/mol. The fourth-order valence-electron chi connectivity index (χ4n) is 1.38. The Bertz CT molecular complexity index is 549. The fraction of sp³-hybridized carbons (Fsp3) is 0.0909. The molecule has 0 spiro atoms. The Kier molecular flexibility index (Phi) is 2.44. The molecule has 2 rings (SSSR count). The Labute approximate surface area is 90.7 Å². The number of hydrogen-bond acceptors (Lipinski definition) is 2. The third-order valence-electron chi connectivity index (χ3n) is 2.26. The zero-order valence-electron chi connectivity index (χ0n) is 8.49. The summed E-state index contributed by atoms with van der Waals surface area (Å²) >= 11 is 0. The second kappa shape index (κ2) is 3.77. The lowest BCUT2D eigenvalue weighted by molar-refractivity contribution is 0.0690. The molecule has 0 unspecified atom stereocenters. The number of aromatic nitrogens is 2. The van der Waals surface area contributed by atoms with Crippen molar-refractivity contribution in [3.63, 3.8) is 0 Å². The van der Waals surface area contributed by atoms with E-state index in [1.165, 1.54) is 12.1 Å². The van der Waals surface area contributed by atoms with Gasteiger partial charge in [0.1, 0.15) is 11.5 Å². The molecule has 5 heteroatoms. The molecule has 0 aliphatic carbocycles. The molecule has 0 saturated carbocycles. The molecular formula is C11H9FN2O2. The number of rotatable bonds is 2. The molecule has 2 aromatic rings. The molecule has 0 radical (unpaired) electrons. The number of aromatic amines is 1. The molecule has 0 saturated heterocycles. The standard InChI is InChI=1S/C11H9FN2O2/c1-6-4-7(2-3-8(6)12)9-5-10(11(15)16)14-13-9/h2-5H,1H3,(H,13,14)(H,15,16). The Morgan fingerprint density at radius 1 is 1.44 bits per heavy atom. The van der Waals surface area contributed by atoms with Crippen molar-refractivity contribution in [1.29, 1.82) is 0 Å². The van der Waals surface area contributed by atoms with Crippen molar-refractivity contribution in [3.05, 3.63) is 41.3 Å². The highest BCUT2D eigenvalue weighted by Crippen LogP contribution is 2.20. The molecule has 4 nitrogen and oxygen atoms in total. The summed E-state index contributed by atoms with van der Waals surface area (Å²) in [5, 5.41) is 15.0. The first-order valence-corrected chi connectivity index (χ1v) is 4.63. The van der Waals surface area contributed by atoms with Gasteiger partial charge >= 0.3 is 5.97 Å². The van der Waals surface area contributed by atoms with Crippen molar-refractivity contribution in [2.75, 3.05) is 0 Å². The van der Waals surface area contributed by atoms with Crippen LogP contribution in [0.1, 0.15) is 16.1 Å². The molecule has 0 atom stereocenters. The molecule has 0 bridgehead atoms. The molecule has 0 aliphatic rings. The van der Waals surface area contributed by atoms with Crippen LogP contribution in [-0.2, 0) is 0 Å². The highest BCUT2D eigenvalue weighted by Gasteiger charge is 2.09. The van der Waals surface area contributed by atoms with E-state index in [1.54, 1.807) is 19.1 Å². The van der Waals surface area contributed by atoms with Crippen LogP contribution in [0.5, 0.6) is 0 Å². The van der Waals surface area contributed by atoms with E-state index in [0.717, 1.165) is 0 Å². The van der Waals surface area contributed by atoms with Gasteiger partial charge in [0.05, 0.1) is 5.69 Å². The number of halogens is 1. The van der Waals surface area contributed by atoms with E-state index in [4.69, 9.17) is 5.11 Å². The predicted molar refractivity (Wildman–Crippen MR) is 55.7 cm³/mol. The van der Waals surface area contributed by atoms with Crippen molar-refractivity contribution >= 4 is 5.97 Å². The van der Waals surface area contributed by atoms with Crippen LogP contribution in [0.25, 0.3) is 11.3 Å². The minimum Gasteiger partial charge on any atom is -0.477 e. The van der Waals surface area contributed by atoms with Crippen LogP contribution in [0.4, 0.5) is 4.39 Å². The average Bonchev–Trinajstić information content (AvgIpc) is 2.71. The second-order valence-corrected chi connectivity index (χ2v) is 3.44. The van der Waals surface area contributed by atoms with E-state index in [1.807, 2.05) is 0 Å². The topological polar surface area (TPSA) is 66.0 Å². The first-order chi connectivity index (χ1) is 7.58. The number of aromatic carboxylic acids is 1. The van der Waals surface area contributed by atoms with Gasteiger partial charge in [0, 0.05) is 5.56 Å². The van der Waals surface area contributed by atoms with E-state index in [2.05, 4.69) is 10.2 Å². The van der Waals surface area contributed by atoms with Gasteiger partial charge in [-0.25, -0.2) is 9.18 Å². The Morgan fingerprint density at radius 2 is 2.19 bits per heavy atom. The fourth-order valence-corrected chi connectivity index (χ4v) is 1.38. The number of aryl methyl sites for hydroxylation is 1. The summed E-state index contributed by atoms with van der Waals surface area (Å²) in [6, 6.07) is 5.93. The highest BCUT2D eigenvalue weighted by atomic mass is 19.1. The summed E-state index contributed by atoms with van der Waals surface area (Å²) < 4.78 is 13.0. The maximum atomic E-state index is 13.0. The Balaban J connectivity index is 2.42. The number of hydrogen-bond donors (Lipinski definition) is 2. The molecular weight excluding hydrogens is 211 g/mol. The summed E-state index contributed by atoms with van der Waals surface area (Å²) in [5.74, 6) is -1.37. The van der Waals surface area contributed by atoms with Gasteiger partial charge in [0.2, 0.25) is 0 Å². The Morgan fingerprint density at radius 3 is 2.75 bits per heavy atom. The largest absolute Gasteiger partial charge is 0.477 e. The summed E-state index contributed by atoms with van der Waals surface area (Å²) in [6.45, 7) is 1.64. The molecule has 0 fully saturated rings. The number of H-pyrrole nitrogens is 1. The van der Waals surface area contributed by atoms with Crippen LogP contribution in [0.15, 0.2) is 24.3 Å². The predicted octanol–water partition coefficient (Wildman–Crippen LogP) is 2.22. The third kappa shape index (κ3) is 1.79. The maximum Gasteiger partial charge on any atom is 0.353 e. The van der Waals surface area contributed by atoms with Crippen LogP contribution in [0.2, 0.25) is 0 Å². The molecule has 1 aromatic heterocycles. The lowest BCUT2D eigenvalue weighted by Gasteiger charge is -1.99. The van der Waals surface area contributed by atoms with Crippen molar-refractivity contribution in [2.45, 2.75) is 6.92 Å². The van der Waals surface area contributed by atoms with E-state index >= 15 is 0 Å². The number of nitrogens with one attached hydrogen (secondary N) is 1. The van der Waals surface area contributed by atoms with Gasteiger partial charge in [-0.3, -0.25) is 5.10 Å². The molecule has 1 aromatic carbocycles. The van der Waals surface area contributed by atoms with Gasteiger partial charge in [0.15, 0.2) is 0 Å². The van der Waals surface area contributed by atoms with Crippen LogP contribution in [0.3, 0.4) is 0 Å². The van der Waals surface area contributed by atoms with Crippen LogP contribution in [0, 0.1) is 12.7 Å². The van der Waals surface area contributed by atoms with Gasteiger partial charge in [-0.1, -0.05) is 0 Å². The van der Waals surface area contributed by atoms with E-state index < -0.39 is 5.97 Å². The minimum absolute atomic E-state index is 0.0111.